The highest BCUT2D eigenvalue weighted by atomic mass is 32.2. The molecule has 3 aromatic rings. The summed E-state index contributed by atoms with van der Waals surface area (Å²) in [6.45, 7) is 0.321. The minimum Gasteiger partial charge on any atom is -0.465 e. The first kappa shape index (κ1) is 20.0. The highest BCUT2D eigenvalue weighted by Gasteiger charge is 2.33. The van der Waals surface area contributed by atoms with Crippen LogP contribution in [0.5, 0.6) is 0 Å². The number of hydrogen-bond acceptors (Lipinski definition) is 5. The summed E-state index contributed by atoms with van der Waals surface area (Å²) < 4.78 is 11.9. The Bertz CT molecular complexity index is 1010. The summed E-state index contributed by atoms with van der Waals surface area (Å²) >= 11 is 1.68. The molecule has 1 N–H and O–H groups in total. The summed E-state index contributed by atoms with van der Waals surface area (Å²) in [5.74, 6) is 0.555. The second kappa shape index (κ2) is 9.50. The van der Waals surface area contributed by atoms with Crippen LogP contribution in [0.15, 0.2) is 94.8 Å². The Hall–Kier alpha value is -3.25. The molecule has 30 heavy (non-hydrogen) atoms. The maximum Gasteiger partial charge on any atom is 0.412 e. The minimum absolute atomic E-state index is 0.321. The largest absolute Gasteiger partial charge is 0.465 e. The number of aliphatic imine (C=N–C) groups is 1. The van der Waals surface area contributed by atoms with E-state index >= 15 is 0 Å². The first-order chi connectivity index (χ1) is 14.7. The van der Waals surface area contributed by atoms with Gasteiger partial charge in [0.25, 0.3) is 0 Å². The van der Waals surface area contributed by atoms with Crippen molar-refractivity contribution in [2.75, 3.05) is 18.1 Å². The average molecular weight is 419 g/mol. The van der Waals surface area contributed by atoms with E-state index in [0.717, 1.165) is 11.1 Å². The molecule has 2 unspecified atom stereocenters. The van der Waals surface area contributed by atoms with Crippen molar-refractivity contribution in [2.24, 2.45) is 4.99 Å². The van der Waals surface area contributed by atoms with E-state index in [2.05, 4.69) is 10.3 Å². The zero-order valence-corrected chi connectivity index (χ0v) is 17.3. The van der Waals surface area contributed by atoms with Crippen LogP contribution in [0.2, 0.25) is 0 Å². The van der Waals surface area contributed by atoms with Gasteiger partial charge in [-0.2, -0.15) is 0 Å². The van der Waals surface area contributed by atoms with Crippen LogP contribution in [0.25, 0.3) is 0 Å². The van der Waals surface area contributed by atoms with E-state index in [9.17, 15) is 4.79 Å². The zero-order chi connectivity index (χ0) is 20.8. The molecule has 1 heterocycles. The van der Waals surface area contributed by atoms with Gasteiger partial charge in [-0.15, -0.1) is 11.8 Å². The van der Waals surface area contributed by atoms with Crippen LogP contribution in [0.1, 0.15) is 17.2 Å². The van der Waals surface area contributed by atoms with Crippen LogP contribution >= 0.6 is 11.8 Å². The van der Waals surface area contributed by atoms with Gasteiger partial charge in [-0.25, -0.2) is 9.79 Å². The van der Waals surface area contributed by atoms with Crippen molar-refractivity contribution in [3.63, 3.8) is 0 Å². The van der Waals surface area contributed by atoms with E-state index < -0.39 is 18.3 Å². The van der Waals surface area contributed by atoms with Gasteiger partial charge >= 0.3 is 6.09 Å². The van der Waals surface area contributed by atoms with Crippen LogP contribution in [0.3, 0.4) is 0 Å². The Morgan fingerprint density at radius 2 is 1.67 bits per heavy atom. The minimum atomic E-state index is -0.537. The molecule has 0 bridgehead atoms. The standard InChI is InChI=1S/C24H22N2O3S/c1-30-20-14-12-18(13-15-20)23-25-16-21(22(29-23)17-8-4-2-5-9-17)28-24(27)26-19-10-6-3-7-11-19/h2-15,21-22H,16H2,1H3,(H,26,27). The zero-order valence-electron chi connectivity index (χ0n) is 16.5. The van der Waals surface area contributed by atoms with Crippen LogP contribution < -0.4 is 5.32 Å². The van der Waals surface area contributed by atoms with Gasteiger partial charge in [0.15, 0.2) is 12.2 Å². The lowest BCUT2D eigenvalue weighted by atomic mass is 10.0. The molecular formula is C24H22N2O3S. The quantitative estimate of drug-likeness (QED) is 0.553. The highest BCUT2D eigenvalue weighted by Crippen LogP contribution is 2.30. The second-order valence-electron chi connectivity index (χ2n) is 6.76. The van der Waals surface area contributed by atoms with Crippen LogP contribution in [-0.4, -0.2) is 30.9 Å². The molecule has 2 atom stereocenters. The summed E-state index contributed by atoms with van der Waals surface area (Å²) in [4.78, 5) is 18.2. The molecular weight excluding hydrogens is 396 g/mol. The van der Waals surface area contributed by atoms with E-state index in [1.54, 1.807) is 11.8 Å². The Morgan fingerprint density at radius 1 is 1.00 bits per heavy atom. The lowest BCUT2D eigenvalue weighted by molar-refractivity contribution is 0.00996. The fraction of sp³-hybridized carbons (Fsp3) is 0.167. The van der Waals surface area contributed by atoms with Crippen molar-refractivity contribution < 1.29 is 14.3 Å². The lowest BCUT2D eigenvalue weighted by Gasteiger charge is -2.31. The molecule has 0 spiro atoms. The molecule has 0 aromatic heterocycles. The Balaban J connectivity index is 1.54. The first-order valence-corrected chi connectivity index (χ1v) is 10.9. The van der Waals surface area contributed by atoms with Crippen molar-refractivity contribution in [2.45, 2.75) is 17.1 Å². The van der Waals surface area contributed by atoms with E-state index in [4.69, 9.17) is 9.47 Å². The summed E-state index contributed by atoms with van der Waals surface area (Å²) in [5, 5.41) is 2.75. The fourth-order valence-corrected chi connectivity index (χ4v) is 3.63. The average Bonchev–Trinajstić information content (AvgIpc) is 2.80. The predicted molar refractivity (Wildman–Crippen MR) is 120 cm³/mol. The summed E-state index contributed by atoms with van der Waals surface area (Å²) in [6, 6.07) is 27.0. The number of hydrogen-bond donors (Lipinski definition) is 1. The number of nitrogens with zero attached hydrogens (tertiary/aromatic N) is 1. The van der Waals surface area contributed by atoms with E-state index in [1.165, 1.54) is 4.90 Å². The molecule has 0 radical (unpaired) electrons. The Labute approximate surface area is 180 Å². The second-order valence-corrected chi connectivity index (χ2v) is 7.64. The lowest BCUT2D eigenvalue weighted by Crippen LogP contribution is -2.37. The maximum absolute atomic E-state index is 12.4. The molecule has 152 valence electrons. The summed E-state index contributed by atoms with van der Waals surface area (Å²) in [5.41, 5.74) is 2.51. The number of carbonyl (C=O) groups is 1. The highest BCUT2D eigenvalue weighted by molar-refractivity contribution is 7.98. The van der Waals surface area contributed by atoms with Crippen LogP contribution in [0.4, 0.5) is 10.5 Å². The molecule has 1 aliphatic heterocycles. The van der Waals surface area contributed by atoms with Crippen molar-refractivity contribution in [1.82, 2.24) is 0 Å². The van der Waals surface area contributed by atoms with Gasteiger partial charge in [-0.1, -0.05) is 48.5 Å². The van der Waals surface area contributed by atoms with Crippen molar-refractivity contribution >= 4 is 29.4 Å². The number of nitrogens with one attached hydrogen (secondary N) is 1. The third kappa shape index (κ3) is 4.83. The number of thioether (sulfide) groups is 1. The number of carbonyl (C=O) groups excluding carboxylic acids is 1. The molecule has 0 fully saturated rings. The fourth-order valence-electron chi connectivity index (χ4n) is 3.23. The van der Waals surface area contributed by atoms with Crippen LogP contribution in [-0.2, 0) is 9.47 Å². The number of benzene rings is 3. The molecule has 0 saturated heterocycles. The topological polar surface area (TPSA) is 59.9 Å². The van der Waals surface area contributed by atoms with Crippen molar-refractivity contribution in [3.05, 3.63) is 96.1 Å². The van der Waals surface area contributed by atoms with Gasteiger partial charge in [-0.05, 0) is 48.2 Å². The maximum atomic E-state index is 12.4. The molecule has 0 aliphatic carbocycles. The molecule has 4 rings (SSSR count). The molecule has 1 aliphatic rings. The molecule has 1 amide bonds. The SMILES string of the molecule is CSc1ccc(C2=NCC(OC(=O)Nc3ccccc3)C(c3ccccc3)O2)cc1. The van der Waals surface area contributed by atoms with E-state index in [-0.39, 0.29) is 0 Å². The van der Waals surface area contributed by atoms with Gasteiger partial charge in [0.1, 0.15) is 0 Å². The number of amides is 1. The van der Waals surface area contributed by atoms with E-state index in [1.807, 2.05) is 91.2 Å². The number of para-hydroxylation sites is 1. The summed E-state index contributed by atoms with van der Waals surface area (Å²) in [6.07, 6.45) is 0.529. The molecule has 6 heteroatoms. The number of ether oxygens (including phenoxy) is 2. The van der Waals surface area contributed by atoms with Gasteiger partial charge in [0.05, 0.1) is 6.54 Å². The third-order valence-corrected chi connectivity index (χ3v) is 5.48. The van der Waals surface area contributed by atoms with Crippen molar-refractivity contribution in [1.29, 1.82) is 0 Å². The number of anilines is 1. The predicted octanol–water partition coefficient (Wildman–Crippen LogP) is 5.54. The van der Waals surface area contributed by atoms with Gasteiger partial charge < -0.3 is 9.47 Å². The smallest absolute Gasteiger partial charge is 0.412 e. The van der Waals surface area contributed by atoms with Crippen LogP contribution in [0, 0.1) is 0 Å². The monoisotopic (exact) mass is 418 g/mol. The molecule has 0 saturated carbocycles. The summed E-state index contributed by atoms with van der Waals surface area (Å²) in [7, 11) is 0. The third-order valence-electron chi connectivity index (χ3n) is 4.73. The van der Waals surface area contributed by atoms with Gasteiger partial charge in [0.2, 0.25) is 5.90 Å². The Kier molecular flexibility index (Phi) is 6.35. The molecule has 5 nitrogen and oxygen atoms in total. The van der Waals surface area contributed by atoms with Gasteiger partial charge in [0, 0.05) is 16.1 Å². The Morgan fingerprint density at radius 3 is 2.33 bits per heavy atom. The van der Waals surface area contributed by atoms with Gasteiger partial charge in [-0.3, -0.25) is 5.32 Å². The number of rotatable bonds is 5. The van der Waals surface area contributed by atoms with E-state index in [0.29, 0.717) is 18.1 Å². The molecule has 3 aromatic carbocycles. The first-order valence-electron chi connectivity index (χ1n) is 9.66. The normalized spacial score (nSPS) is 18.1. The van der Waals surface area contributed by atoms with Crippen molar-refractivity contribution in [3.8, 4) is 0 Å².